The van der Waals surface area contributed by atoms with Crippen molar-refractivity contribution in [3.63, 3.8) is 0 Å². The van der Waals surface area contributed by atoms with Crippen molar-refractivity contribution in [1.29, 1.82) is 0 Å². The average Bonchev–Trinajstić information content (AvgIpc) is 2.77. The number of anilines is 1. The summed E-state index contributed by atoms with van der Waals surface area (Å²) in [5, 5.41) is 0. The molecule has 19 heavy (non-hydrogen) atoms. The molecule has 0 aromatic heterocycles. The lowest BCUT2D eigenvalue weighted by Crippen LogP contribution is -2.36. The molecule has 4 heteroatoms. The van der Waals surface area contributed by atoms with Gasteiger partial charge in [0.05, 0.1) is 11.6 Å². The van der Waals surface area contributed by atoms with Gasteiger partial charge in [-0.25, -0.2) is 0 Å². The molecule has 2 fully saturated rings. The number of hydrogen-bond acceptors (Lipinski definition) is 3. The molecule has 2 heterocycles. The van der Waals surface area contributed by atoms with Crippen LogP contribution in [0.15, 0.2) is 22.7 Å². The van der Waals surface area contributed by atoms with Gasteiger partial charge in [-0.1, -0.05) is 0 Å². The molecule has 0 bridgehead atoms. The second kappa shape index (κ2) is 5.71. The lowest BCUT2D eigenvalue weighted by Gasteiger charge is -2.27. The highest BCUT2D eigenvalue weighted by molar-refractivity contribution is 9.10. The smallest absolute Gasteiger partial charge is 0.135 e. The van der Waals surface area contributed by atoms with Gasteiger partial charge in [-0.2, -0.15) is 0 Å². The van der Waals surface area contributed by atoms with Crippen LogP contribution < -0.4 is 9.64 Å². The molecule has 2 saturated heterocycles. The lowest BCUT2D eigenvalue weighted by atomic mass is 10.2. The number of benzene rings is 1. The fourth-order valence-electron chi connectivity index (χ4n) is 3.29. The Kier molecular flexibility index (Phi) is 3.99. The Bertz CT molecular complexity index is 452. The number of halogens is 1. The molecule has 1 aromatic carbocycles. The van der Waals surface area contributed by atoms with Crippen molar-refractivity contribution < 1.29 is 4.74 Å². The Morgan fingerprint density at radius 1 is 1.21 bits per heavy atom. The standard InChI is InChI=1S/C15H21BrN2O/c1-19-15-10-12(5-6-14(15)16)18-9-3-8-17-7-2-4-13(17)11-18/h5-6,10,13H,2-4,7-9,11H2,1H3. The fraction of sp³-hybridized carbons (Fsp3) is 0.600. The molecule has 0 aliphatic carbocycles. The second-order valence-electron chi connectivity index (χ2n) is 5.45. The zero-order valence-electron chi connectivity index (χ0n) is 11.4. The molecule has 0 radical (unpaired) electrons. The van der Waals surface area contributed by atoms with Crippen LogP contribution in [0.4, 0.5) is 5.69 Å². The summed E-state index contributed by atoms with van der Waals surface area (Å²) in [5.41, 5.74) is 1.29. The minimum absolute atomic E-state index is 0.747. The molecule has 2 aliphatic rings. The van der Waals surface area contributed by atoms with Crippen molar-refractivity contribution in [2.24, 2.45) is 0 Å². The van der Waals surface area contributed by atoms with E-state index >= 15 is 0 Å². The van der Waals surface area contributed by atoms with E-state index in [9.17, 15) is 0 Å². The van der Waals surface area contributed by atoms with Crippen LogP contribution in [-0.2, 0) is 0 Å². The molecule has 1 unspecified atom stereocenters. The number of hydrogen-bond donors (Lipinski definition) is 0. The maximum atomic E-state index is 5.41. The first-order chi connectivity index (χ1) is 9.28. The molecular formula is C15H21BrN2O. The van der Waals surface area contributed by atoms with Crippen molar-refractivity contribution in [1.82, 2.24) is 4.90 Å². The Morgan fingerprint density at radius 2 is 2.05 bits per heavy atom. The predicted octanol–water partition coefficient (Wildman–Crippen LogP) is 3.13. The van der Waals surface area contributed by atoms with E-state index in [1.807, 2.05) is 0 Å². The van der Waals surface area contributed by atoms with Crippen LogP contribution in [0.3, 0.4) is 0 Å². The molecule has 1 atom stereocenters. The molecule has 3 nitrogen and oxygen atoms in total. The van der Waals surface area contributed by atoms with E-state index in [1.165, 1.54) is 38.0 Å². The third-order valence-corrected chi connectivity index (χ3v) is 4.96. The normalized spacial score (nSPS) is 24.1. The van der Waals surface area contributed by atoms with Gasteiger partial charge in [0.15, 0.2) is 0 Å². The van der Waals surface area contributed by atoms with Gasteiger partial charge in [0, 0.05) is 37.4 Å². The van der Waals surface area contributed by atoms with Crippen LogP contribution in [0.5, 0.6) is 5.75 Å². The molecule has 0 N–H and O–H groups in total. The van der Waals surface area contributed by atoms with Crippen LogP contribution >= 0.6 is 15.9 Å². The van der Waals surface area contributed by atoms with Gasteiger partial charge in [-0.3, -0.25) is 4.90 Å². The maximum Gasteiger partial charge on any atom is 0.135 e. The number of methoxy groups -OCH3 is 1. The molecule has 2 aliphatic heterocycles. The largest absolute Gasteiger partial charge is 0.495 e. The van der Waals surface area contributed by atoms with Crippen LogP contribution in [-0.4, -0.2) is 44.2 Å². The molecule has 1 aromatic rings. The third kappa shape index (κ3) is 2.75. The van der Waals surface area contributed by atoms with E-state index < -0.39 is 0 Å². The van der Waals surface area contributed by atoms with Crippen LogP contribution in [0.25, 0.3) is 0 Å². The zero-order valence-corrected chi connectivity index (χ0v) is 13.0. The number of rotatable bonds is 2. The monoisotopic (exact) mass is 324 g/mol. The SMILES string of the molecule is COc1cc(N2CCCN3CCCC3C2)ccc1Br. The summed E-state index contributed by atoms with van der Waals surface area (Å²) in [7, 11) is 1.73. The molecular weight excluding hydrogens is 304 g/mol. The van der Waals surface area contributed by atoms with Crippen molar-refractivity contribution >= 4 is 21.6 Å². The molecule has 104 valence electrons. The first-order valence-corrected chi connectivity index (χ1v) is 7.90. The van der Waals surface area contributed by atoms with Crippen LogP contribution in [0.1, 0.15) is 19.3 Å². The number of fused-ring (bicyclic) bond motifs is 1. The summed E-state index contributed by atoms with van der Waals surface area (Å²) in [6, 6.07) is 7.18. The van der Waals surface area contributed by atoms with Crippen molar-refractivity contribution in [3.8, 4) is 5.75 Å². The minimum Gasteiger partial charge on any atom is -0.495 e. The lowest BCUT2D eigenvalue weighted by molar-refractivity contribution is 0.273. The summed E-state index contributed by atoms with van der Waals surface area (Å²) < 4.78 is 6.43. The molecule has 0 amide bonds. The highest BCUT2D eigenvalue weighted by atomic mass is 79.9. The maximum absolute atomic E-state index is 5.41. The first-order valence-electron chi connectivity index (χ1n) is 7.10. The predicted molar refractivity (Wildman–Crippen MR) is 82.1 cm³/mol. The van der Waals surface area contributed by atoms with E-state index in [4.69, 9.17) is 4.74 Å². The Labute approximate surface area is 123 Å². The van der Waals surface area contributed by atoms with Gasteiger partial charge in [-0.15, -0.1) is 0 Å². The highest BCUT2D eigenvalue weighted by Gasteiger charge is 2.28. The van der Waals surface area contributed by atoms with Gasteiger partial charge in [0.25, 0.3) is 0 Å². The number of nitrogens with zero attached hydrogens (tertiary/aromatic N) is 2. The summed E-state index contributed by atoms with van der Waals surface area (Å²) in [6.07, 6.45) is 3.97. The van der Waals surface area contributed by atoms with E-state index in [1.54, 1.807) is 7.11 Å². The first kappa shape index (κ1) is 13.3. The summed E-state index contributed by atoms with van der Waals surface area (Å²) in [5.74, 6) is 0.921. The van der Waals surface area contributed by atoms with Gasteiger partial charge < -0.3 is 9.64 Å². The Hall–Kier alpha value is -0.740. The van der Waals surface area contributed by atoms with Crippen LogP contribution in [0, 0.1) is 0 Å². The summed E-state index contributed by atoms with van der Waals surface area (Å²) in [6.45, 7) is 4.86. The fourth-order valence-corrected chi connectivity index (χ4v) is 3.69. The van der Waals surface area contributed by atoms with Gasteiger partial charge >= 0.3 is 0 Å². The third-order valence-electron chi connectivity index (χ3n) is 4.30. The Balaban J connectivity index is 1.80. The summed E-state index contributed by atoms with van der Waals surface area (Å²) in [4.78, 5) is 5.18. The topological polar surface area (TPSA) is 15.7 Å². The zero-order chi connectivity index (χ0) is 13.2. The van der Waals surface area contributed by atoms with Crippen molar-refractivity contribution in [2.75, 3.05) is 38.2 Å². The number of ether oxygens (including phenoxy) is 1. The summed E-state index contributed by atoms with van der Waals surface area (Å²) >= 11 is 3.52. The van der Waals surface area contributed by atoms with E-state index in [0.717, 1.165) is 29.4 Å². The van der Waals surface area contributed by atoms with E-state index in [0.29, 0.717) is 0 Å². The minimum atomic E-state index is 0.747. The quantitative estimate of drug-likeness (QED) is 0.831. The van der Waals surface area contributed by atoms with Crippen LogP contribution in [0.2, 0.25) is 0 Å². The van der Waals surface area contributed by atoms with Gasteiger partial charge in [-0.05, 0) is 53.9 Å². The van der Waals surface area contributed by atoms with E-state index in [2.05, 4.69) is 43.9 Å². The average molecular weight is 325 g/mol. The molecule has 0 spiro atoms. The second-order valence-corrected chi connectivity index (χ2v) is 6.30. The molecule has 3 rings (SSSR count). The Morgan fingerprint density at radius 3 is 2.89 bits per heavy atom. The van der Waals surface area contributed by atoms with Gasteiger partial charge in [0.1, 0.15) is 5.75 Å². The molecule has 0 saturated carbocycles. The highest BCUT2D eigenvalue weighted by Crippen LogP contribution is 2.31. The van der Waals surface area contributed by atoms with E-state index in [-0.39, 0.29) is 0 Å². The van der Waals surface area contributed by atoms with Gasteiger partial charge in [0.2, 0.25) is 0 Å². The van der Waals surface area contributed by atoms with Crippen molar-refractivity contribution in [3.05, 3.63) is 22.7 Å². The van der Waals surface area contributed by atoms with Crippen molar-refractivity contribution in [2.45, 2.75) is 25.3 Å².